The van der Waals surface area contributed by atoms with Crippen LogP contribution in [0.25, 0.3) is 0 Å². The Morgan fingerprint density at radius 1 is 1.37 bits per heavy atom. The Hall–Kier alpha value is -1.55. The van der Waals surface area contributed by atoms with Crippen LogP contribution in [0.2, 0.25) is 0 Å². The first-order valence-corrected chi connectivity index (χ1v) is 6.66. The number of likely N-dealkylation sites (N-methyl/N-ethyl adjacent to an activating group) is 1. The first-order valence-electron chi connectivity index (χ1n) is 6.66. The van der Waals surface area contributed by atoms with Gasteiger partial charge in [-0.2, -0.15) is 0 Å². The number of carboxylic acids is 1. The molecule has 0 spiro atoms. The van der Waals surface area contributed by atoms with Crippen LogP contribution < -0.4 is 4.74 Å². The second-order valence-corrected chi connectivity index (χ2v) is 4.80. The van der Waals surface area contributed by atoms with E-state index in [2.05, 4.69) is 25.8 Å². The van der Waals surface area contributed by atoms with Gasteiger partial charge in [-0.3, -0.25) is 4.79 Å². The van der Waals surface area contributed by atoms with Crippen LogP contribution in [-0.2, 0) is 11.2 Å². The number of carbonyl (C=O) groups is 1. The molecule has 1 N–H and O–H groups in total. The van der Waals surface area contributed by atoms with Crippen molar-refractivity contribution < 1.29 is 14.6 Å². The van der Waals surface area contributed by atoms with Crippen molar-refractivity contribution in [3.8, 4) is 5.75 Å². The van der Waals surface area contributed by atoms with Gasteiger partial charge in [0.1, 0.15) is 12.4 Å². The Morgan fingerprint density at radius 3 is 2.53 bits per heavy atom. The van der Waals surface area contributed by atoms with Crippen LogP contribution >= 0.6 is 0 Å². The van der Waals surface area contributed by atoms with Crippen molar-refractivity contribution in [2.75, 3.05) is 20.2 Å². The highest BCUT2D eigenvalue weighted by atomic mass is 16.5. The Kier molecular flexibility index (Phi) is 6.36. The molecule has 19 heavy (non-hydrogen) atoms. The number of ether oxygens (including phenoxy) is 1. The van der Waals surface area contributed by atoms with Crippen molar-refractivity contribution in [1.82, 2.24) is 4.90 Å². The first-order chi connectivity index (χ1) is 9.02. The molecule has 0 radical (unpaired) electrons. The van der Waals surface area contributed by atoms with Crippen molar-refractivity contribution in [3.05, 3.63) is 29.8 Å². The molecule has 1 atom stereocenters. The van der Waals surface area contributed by atoms with E-state index < -0.39 is 5.97 Å². The second-order valence-electron chi connectivity index (χ2n) is 4.80. The van der Waals surface area contributed by atoms with E-state index in [0.29, 0.717) is 12.6 Å². The number of aliphatic carboxylic acids is 1. The molecule has 0 aromatic heterocycles. The molecule has 1 unspecified atom stereocenters. The van der Waals surface area contributed by atoms with Crippen LogP contribution in [0.3, 0.4) is 0 Å². The molecular formula is C15H23NO3. The molecule has 106 valence electrons. The number of nitrogens with zero attached hydrogens (tertiary/aromatic N) is 1. The van der Waals surface area contributed by atoms with Gasteiger partial charge in [0.2, 0.25) is 0 Å². The van der Waals surface area contributed by atoms with Gasteiger partial charge >= 0.3 is 5.97 Å². The van der Waals surface area contributed by atoms with Gasteiger partial charge in [-0.1, -0.05) is 19.1 Å². The summed E-state index contributed by atoms with van der Waals surface area (Å²) < 4.78 is 5.64. The molecule has 0 fully saturated rings. The summed E-state index contributed by atoms with van der Waals surface area (Å²) in [7, 11) is 2.09. The van der Waals surface area contributed by atoms with Crippen LogP contribution in [0.1, 0.15) is 25.8 Å². The Bertz CT molecular complexity index is 389. The zero-order valence-corrected chi connectivity index (χ0v) is 11.9. The molecule has 0 saturated heterocycles. The van der Waals surface area contributed by atoms with Gasteiger partial charge in [0.15, 0.2) is 0 Å². The average molecular weight is 265 g/mol. The topological polar surface area (TPSA) is 49.8 Å². The summed E-state index contributed by atoms with van der Waals surface area (Å²) in [4.78, 5) is 12.8. The van der Waals surface area contributed by atoms with Crippen LogP contribution in [0.15, 0.2) is 24.3 Å². The zero-order valence-electron chi connectivity index (χ0n) is 11.9. The van der Waals surface area contributed by atoms with Gasteiger partial charge in [-0.15, -0.1) is 0 Å². The van der Waals surface area contributed by atoms with E-state index in [9.17, 15) is 4.79 Å². The van der Waals surface area contributed by atoms with Gasteiger partial charge in [0, 0.05) is 12.6 Å². The lowest BCUT2D eigenvalue weighted by molar-refractivity contribution is -0.136. The van der Waals surface area contributed by atoms with E-state index in [1.54, 1.807) is 12.1 Å². The Morgan fingerprint density at radius 2 is 2.00 bits per heavy atom. The van der Waals surface area contributed by atoms with Crippen molar-refractivity contribution in [2.45, 2.75) is 32.7 Å². The van der Waals surface area contributed by atoms with Gasteiger partial charge in [-0.05, 0) is 38.1 Å². The highest BCUT2D eigenvalue weighted by Gasteiger charge is 2.06. The van der Waals surface area contributed by atoms with Crippen molar-refractivity contribution >= 4 is 5.97 Å². The molecule has 0 saturated carbocycles. The molecular weight excluding hydrogens is 242 g/mol. The highest BCUT2D eigenvalue weighted by Crippen LogP contribution is 2.12. The standard InChI is InChI=1S/C15H23NO3/c1-4-12(2)16(3)9-10-19-14-7-5-13(6-8-14)11-15(17)18/h5-8,12H,4,9-11H2,1-3H3,(H,17,18). The molecule has 4 nitrogen and oxygen atoms in total. The van der Waals surface area contributed by atoms with Crippen molar-refractivity contribution in [1.29, 1.82) is 0 Å². The summed E-state index contributed by atoms with van der Waals surface area (Å²) in [5.74, 6) is -0.0319. The maximum absolute atomic E-state index is 10.6. The van der Waals surface area contributed by atoms with Crippen molar-refractivity contribution in [3.63, 3.8) is 0 Å². The molecule has 0 amide bonds. The average Bonchev–Trinajstić information content (AvgIpc) is 2.39. The summed E-state index contributed by atoms with van der Waals surface area (Å²) in [6.07, 6.45) is 1.18. The normalized spacial score (nSPS) is 12.4. The molecule has 4 heteroatoms. The summed E-state index contributed by atoms with van der Waals surface area (Å²) in [5, 5.41) is 8.68. The molecule has 0 aliphatic rings. The molecule has 0 aliphatic carbocycles. The Labute approximate surface area is 115 Å². The quantitative estimate of drug-likeness (QED) is 0.784. The van der Waals surface area contributed by atoms with E-state index in [0.717, 1.165) is 24.3 Å². The minimum atomic E-state index is -0.816. The predicted molar refractivity (Wildman–Crippen MR) is 75.7 cm³/mol. The first kappa shape index (κ1) is 15.5. The van der Waals surface area contributed by atoms with E-state index >= 15 is 0 Å². The second kappa shape index (κ2) is 7.79. The van der Waals surface area contributed by atoms with Gasteiger partial charge < -0.3 is 14.7 Å². The SMILES string of the molecule is CCC(C)N(C)CCOc1ccc(CC(=O)O)cc1. The summed E-state index contributed by atoms with van der Waals surface area (Å²) in [5.41, 5.74) is 0.788. The summed E-state index contributed by atoms with van der Waals surface area (Å²) in [6.45, 7) is 5.88. The number of carboxylic acid groups (broad SMARTS) is 1. The largest absolute Gasteiger partial charge is 0.492 e. The molecule has 1 aromatic carbocycles. The lowest BCUT2D eigenvalue weighted by Gasteiger charge is -2.23. The smallest absolute Gasteiger partial charge is 0.307 e. The molecule has 0 heterocycles. The van der Waals surface area contributed by atoms with E-state index in [1.807, 2.05) is 12.1 Å². The third kappa shape index (κ3) is 5.75. The minimum Gasteiger partial charge on any atom is -0.492 e. The van der Waals surface area contributed by atoms with Crippen molar-refractivity contribution in [2.24, 2.45) is 0 Å². The molecule has 1 aromatic rings. The van der Waals surface area contributed by atoms with Crippen LogP contribution in [0, 0.1) is 0 Å². The number of benzene rings is 1. The lowest BCUT2D eigenvalue weighted by Crippen LogP contribution is -2.32. The fraction of sp³-hybridized carbons (Fsp3) is 0.533. The maximum atomic E-state index is 10.6. The van der Waals surface area contributed by atoms with Gasteiger partial charge in [0.05, 0.1) is 6.42 Å². The Balaban J connectivity index is 2.35. The van der Waals surface area contributed by atoms with Crippen LogP contribution in [0.5, 0.6) is 5.75 Å². The minimum absolute atomic E-state index is 0.0526. The monoisotopic (exact) mass is 265 g/mol. The lowest BCUT2D eigenvalue weighted by atomic mass is 10.1. The predicted octanol–water partition coefficient (Wildman–Crippen LogP) is 2.42. The van der Waals surface area contributed by atoms with Crippen LogP contribution in [-0.4, -0.2) is 42.2 Å². The third-order valence-electron chi connectivity index (χ3n) is 3.33. The van der Waals surface area contributed by atoms with Gasteiger partial charge in [-0.25, -0.2) is 0 Å². The van der Waals surface area contributed by atoms with E-state index in [-0.39, 0.29) is 6.42 Å². The molecule has 0 aliphatic heterocycles. The highest BCUT2D eigenvalue weighted by molar-refractivity contribution is 5.70. The molecule has 0 bridgehead atoms. The third-order valence-corrected chi connectivity index (χ3v) is 3.33. The number of rotatable bonds is 8. The summed E-state index contributed by atoms with van der Waals surface area (Å²) in [6, 6.07) is 7.79. The summed E-state index contributed by atoms with van der Waals surface area (Å²) >= 11 is 0. The van der Waals surface area contributed by atoms with E-state index in [4.69, 9.17) is 9.84 Å². The number of hydrogen-bond acceptors (Lipinski definition) is 3. The maximum Gasteiger partial charge on any atom is 0.307 e. The molecule has 1 rings (SSSR count). The van der Waals surface area contributed by atoms with Crippen LogP contribution in [0.4, 0.5) is 0 Å². The van der Waals surface area contributed by atoms with Gasteiger partial charge in [0.25, 0.3) is 0 Å². The number of hydrogen-bond donors (Lipinski definition) is 1. The fourth-order valence-electron chi connectivity index (χ4n) is 1.72. The van der Waals surface area contributed by atoms with E-state index in [1.165, 1.54) is 0 Å². The zero-order chi connectivity index (χ0) is 14.3. The fourth-order valence-corrected chi connectivity index (χ4v) is 1.72.